The molecule has 0 saturated carbocycles. The number of hydrogen-bond donors (Lipinski definition) is 0. The molecular formula is C80H58N2. The average molecular weight is 1050 g/mol. The molecule has 12 aromatic carbocycles. The van der Waals surface area contributed by atoms with Crippen LogP contribution in [0.3, 0.4) is 0 Å². The lowest BCUT2D eigenvalue weighted by molar-refractivity contribution is 0.629. The van der Waals surface area contributed by atoms with E-state index in [0.29, 0.717) is 0 Å². The number of benzene rings is 12. The zero-order valence-corrected chi connectivity index (χ0v) is 45.6. The van der Waals surface area contributed by atoms with Gasteiger partial charge >= 0.3 is 0 Å². The van der Waals surface area contributed by atoms with Gasteiger partial charge in [0.2, 0.25) is 0 Å². The van der Waals surface area contributed by atoms with Crippen LogP contribution in [-0.2, 0) is 11.8 Å². The number of nitrogens with zero attached hydrogens (tertiary/aromatic N) is 2. The Balaban J connectivity index is 0.892. The lowest BCUT2D eigenvalue weighted by Crippen LogP contribution is -2.30. The van der Waals surface area contributed by atoms with E-state index in [1.807, 2.05) is 18.2 Å². The van der Waals surface area contributed by atoms with Crippen molar-refractivity contribution in [3.8, 4) is 61.3 Å². The second kappa shape index (κ2) is 20.9. The fourth-order valence-corrected chi connectivity index (χ4v) is 12.7. The van der Waals surface area contributed by atoms with Crippen molar-refractivity contribution in [3.63, 3.8) is 0 Å². The van der Waals surface area contributed by atoms with E-state index in [1.165, 1.54) is 77.5 Å². The van der Waals surface area contributed by atoms with Crippen molar-refractivity contribution < 1.29 is 0 Å². The monoisotopic (exact) mass is 1050 g/mol. The van der Waals surface area contributed by atoms with Crippen molar-refractivity contribution in [2.24, 2.45) is 0 Å². The van der Waals surface area contributed by atoms with Crippen LogP contribution in [0.1, 0.15) is 38.9 Å². The first-order chi connectivity index (χ1) is 40.5. The number of hydrogen-bond acceptors (Lipinski definition) is 1. The minimum atomic E-state index is -0.452. The van der Waals surface area contributed by atoms with Crippen LogP contribution in [0, 0.1) is 0 Å². The molecule has 0 radical (unpaired) electrons. The largest absolute Gasteiger partial charge is 0.310 e. The zero-order valence-electron chi connectivity index (χ0n) is 45.6. The van der Waals surface area contributed by atoms with E-state index in [9.17, 15) is 0 Å². The third kappa shape index (κ3) is 8.79. The Morgan fingerprint density at radius 3 is 1.26 bits per heavy atom. The molecular weight excluding hydrogens is 989 g/mol. The van der Waals surface area contributed by atoms with Gasteiger partial charge in [0.25, 0.3) is 0 Å². The first-order valence-corrected chi connectivity index (χ1v) is 28.2. The maximum Gasteiger partial charge on any atom is 0.0541 e. The van der Waals surface area contributed by atoms with Gasteiger partial charge < -0.3 is 9.47 Å². The van der Waals surface area contributed by atoms with Gasteiger partial charge in [0.05, 0.1) is 16.4 Å². The Kier molecular flexibility index (Phi) is 12.7. The fourth-order valence-electron chi connectivity index (χ4n) is 12.7. The Bertz CT molecular complexity index is 4510. The molecule has 14 rings (SSSR count). The molecule has 388 valence electrons. The van der Waals surface area contributed by atoms with Gasteiger partial charge in [0.15, 0.2) is 0 Å². The van der Waals surface area contributed by atoms with E-state index < -0.39 is 5.41 Å². The molecule has 2 nitrogen and oxygen atoms in total. The molecule has 0 N–H and O–H groups in total. The molecule has 2 heteroatoms. The Morgan fingerprint density at radius 1 is 0.329 bits per heavy atom. The third-order valence-corrected chi connectivity index (χ3v) is 16.9. The molecule has 0 saturated heterocycles. The second-order valence-corrected chi connectivity index (χ2v) is 21.5. The van der Waals surface area contributed by atoms with Gasteiger partial charge in [-0.3, -0.25) is 0 Å². The quantitative estimate of drug-likeness (QED) is 0.105. The smallest absolute Gasteiger partial charge is 0.0541 e. The van der Waals surface area contributed by atoms with Crippen LogP contribution in [-0.4, -0.2) is 4.57 Å². The molecule has 1 aliphatic rings. The molecule has 82 heavy (non-hydrogen) atoms. The summed E-state index contributed by atoms with van der Waals surface area (Å²) in [5, 5.41) is 2.40. The number of rotatable bonds is 14. The highest BCUT2D eigenvalue weighted by atomic mass is 15.1. The van der Waals surface area contributed by atoms with E-state index in [-0.39, 0.29) is 0 Å². The second-order valence-electron chi connectivity index (χ2n) is 21.5. The molecule has 0 bridgehead atoms. The number of fused-ring (bicyclic) bond motifs is 6. The summed E-state index contributed by atoms with van der Waals surface area (Å²) in [6.45, 7) is 12.0. The van der Waals surface area contributed by atoms with Gasteiger partial charge in [-0.05, 0) is 174 Å². The van der Waals surface area contributed by atoms with Crippen LogP contribution in [0.25, 0.3) is 101 Å². The summed E-state index contributed by atoms with van der Waals surface area (Å²) < 4.78 is 2.41. The van der Waals surface area contributed by atoms with Crippen molar-refractivity contribution >= 4 is 57.1 Å². The first-order valence-electron chi connectivity index (χ1n) is 28.2. The van der Waals surface area contributed by atoms with E-state index in [1.54, 1.807) is 0 Å². The molecule has 0 aliphatic heterocycles. The van der Waals surface area contributed by atoms with E-state index >= 15 is 0 Å². The van der Waals surface area contributed by atoms with Crippen LogP contribution in [0.4, 0.5) is 17.1 Å². The maximum atomic E-state index is 4.05. The summed E-state index contributed by atoms with van der Waals surface area (Å²) >= 11 is 0. The van der Waals surface area contributed by atoms with Crippen LogP contribution >= 0.6 is 0 Å². The van der Waals surface area contributed by atoms with Gasteiger partial charge in [-0.25, -0.2) is 0 Å². The van der Waals surface area contributed by atoms with Crippen molar-refractivity contribution in [1.82, 2.24) is 4.57 Å². The van der Waals surface area contributed by atoms with Crippen molar-refractivity contribution in [2.75, 3.05) is 4.90 Å². The minimum absolute atomic E-state index is 0.452. The summed E-state index contributed by atoms with van der Waals surface area (Å²) in [6.07, 6.45) is 6.50. The minimum Gasteiger partial charge on any atom is -0.310 e. The van der Waals surface area contributed by atoms with Crippen LogP contribution < -0.4 is 4.90 Å². The lowest BCUT2D eigenvalue weighted by Gasteiger charge is -2.34. The molecule has 1 aliphatic carbocycles. The van der Waals surface area contributed by atoms with Crippen LogP contribution in [0.2, 0.25) is 0 Å². The third-order valence-electron chi connectivity index (χ3n) is 16.9. The molecule has 1 atom stereocenters. The highest BCUT2D eigenvalue weighted by Crippen LogP contribution is 2.56. The molecule has 1 unspecified atom stereocenters. The topological polar surface area (TPSA) is 8.17 Å². The summed E-state index contributed by atoms with van der Waals surface area (Å²) in [5.41, 5.74) is 26.6. The summed E-state index contributed by atoms with van der Waals surface area (Å²) in [4.78, 5) is 2.43. The predicted octanol–water partition coefficient (Wildman–Crippen LogP) is 21.4. The van der Waals surface area contributed by atoms with Gasteiger partial charge in [-0.1, -0.05) is 250 Å². The first kappa shape index (κ1) is 49.7. The normalized spacial score (nSPS) is 13.4. The molecule has 0 spiro atoms. The van der Waals surface area contributed by atoms with E-state index in [2.05, 4.69) is 314 Å². The van der Waals surface area contributed by atoms with Crippen LogP contribution in [0.15, 0.2) is 305 Å². The lowest BCUT2D eigenvalue weighted by atomic mass is 9.68. The van der Waals surface area contributed by atoms with Gasteiger partial charge in [0.1, 0.15) is 0 Å². The molecule has 1 aromatic heterocycles. The average Bonchev–Trinajstić information content (AvgIpc) is 3.26. The fraction of sp³-hybridized carbons (Fsp3) is 0.0250. The van der Waals surface area contributed by atoms with Crippen molar-refractivity contribution in [3.05, 3.63) is 344 Å². The number of aromatic nitrogens is 1. The molecule has 0 amide bonds. The SMILES string of the molecule is C=Cc1ccc(CC2(c3ccccc3)c3ccccc3-c3ccc(N(c4ccc(-c5ccccc5)cc4)c4ccc(-c5ccc6c(c5)c5cc(-c7ccc(C=C)cc7)ccc5n6-c5ccc(-c6ccc(C=C)cc6)cc5)cc4)cc32)cc1. The Labute approximate surface area is 480 Å². The summed E-state index contributed by atoms with van der Waals surface area (Å²) in [6, 6.07) is 105. The highest BCUT2D eigenvalue weighted by Gasteiger charge is 2.45. The van der Waals surface area contributed by atoms with E-state index in [4.69, 9.17) is 0 Å². The standard InChI is InChI=1S/C80H58N2/c1-4-55-21-23-58(24-22-55)54-80(67-17-11-8-12-18-67)76-20-14-13-19-72(76)73-48-47-71(53-77(73)80)81(68-41-33-61(34-42-68)59-15-9-7-10-16-59)69-43-37-64(38-44-69)66-40-50-79-75(52-66)74-51-65(63-31-27-57(6-3)28-32-63)39-49-78(74)82(79)70-45-35-62(36-46-70)60-29-25-56(5-2)26-30-60/h4-53H,1-3,54H2. The predicted molar refractivity (Wildman–Crippen MR) is 349 cm³/mol. The van der Waals surface area contributed by atoms with Crippen molar-refractivity contribution in [2.45, 2.75) is 11.8 Å². The van der Waals surface area contributed by atoms with Crippen molar-refractivity contribution in [1.29, 1.82) is 0 Å². The summed E-state index contributed by atoms with van der Waals surface area (Å²) in [7, 11) is 0. The van der Waals surface area contributed by atoms with E-state index in [0.717, 1.165) is 68.0 Å². The van der Waals surface area contributed by atoms with Gasteiger partial charge in [0, 0.05) is 33.5 Å². The zero-order chi connectivity index (χ0) is 55.2. The highest BCUT2D eigenvalue weighted by molar-refractivity contribution is 6.12. The number of anilines is 3. The molecule has 13 aromatic rings. The van der Waals surface area contributed by atoms with Crippen LogP contribution in [0.5, 0.6) is 0 Å². The maximum absolute atomic E-state index is 4.05. The molecule has 0 fully saturated rings. The summed E-state index contributed by atoms with van der Waals surface area (Å²) in [5.74, 6) is 0. The molecule has 1 heterocycles. The van der Waals surface area contributed by atoms with Gasteiger partial charge in [-0.2, -0.15) is 0 Å². The Hall–Kier alpha value is -10.5. The van der Waals surface area contributed by atoms with Gasteiger partial charge in [-0.15, -0.1) is 0 Å². The Morgan fingerprint density at radius 2 is 0.732 bits per heavy atom.